The molecule has 0 N–H and O–H groups in total. The molecule has 0 bridgehead atoms. The van der Waals surface area contributed by atoms with E-state index in [9.17, 15) is 9.59 Å². The lowest BCUT2D eigenvalue weighted by atomic mass is 10.00. The molecule has 3 aliphatic rings. The van der Waals surface area contributed by atoms with Gasteiger partial charge in [-0.05, 0) is 31.9 Å². The number of hydrogen-bond acceptors (Lipinski definition) is 5. The first-order valence-corrected chi connectivity index (χ1v) is 8.02. The number of rotatable bonds is 2. The lowest BCUT2D eigenvalue weighted by Crippen LogP contribution is -2.39. The van der Waals surface area contributed by atoms with Crippen LogP contribution in [0.15, 0.2) is 21.7 Å². The molecule has 4 heterocycles. The predicted octanol–water partition coefficient (Wildman–Crippen LogP) is 1.04. The van der Waals surface area contributed by atoms with Crippen molar-refractivity contribution in [2.75, 3.05) is 26.2 Å². The zero-order valence-electron chi connectivity index (χ0n) is 13.0. The standard InChI is InChI=1S/C16H19N3O4/c1-10-4-5-12(22-10)15(20)19-8-11-13(9-19)23-17-14(11)16(21)18-6-2-3-7-18/h4-5,11,13H,2-3,6-9H2,1H3/t11-,13+/m0/s1. The number of hydrogen-bond donors (Lipinski definition) is 0. The lowest BCUT2D eigenvalue weighted by Gasteiger charge is -2.18. The van der Waals surface area contributed by atoms with Crippen LogP contribution in [0.25, 0.3) is 0 Å². The van der Waals surface area contributed by atoms with E-state index in [-0.39, 0.29) is 23.8 Å². The second kappa shape index (κ2) is 5.40. The molecule has 0 unspecified atom stereocenters. The van der Waals surface area contributed by atoms with Crippen molar-refractivity contribution in [3.63, 3.8) is 0 Å². The number of carbonyl (C=O) groups is 2. The Balaban J connectivity index is 1.46. The summed E-state index contributed by atoms with van der Waals surface area (Å²) >= 11 is 0. The van der Waals surface area contributed by atoms with E-state index in [1.807, 2.05) is 4.90 Å². The summed E-state index contributed by atoms with van der Waals surface area (Å²) in [5.41, 5.74) is 0.461. The summed E-state index contributed by atoms with van der Waals surface area (Å²) < 4.78 is 5.40. The molecule has 122 valence electrons. The molecule has 2 saturated heterocycles. The van der Waals surface area contributed by atoms with Gasteiger partial charge in [0.25, 0.3) is 11.8 Å². The molecule has 0 radical (unpaired) electrons. The van der Waals surface area contributed by atoms with Crippen LogP contribution in [0.2, 0.25) is 0 Å². The molecule has 3 aliphatic heterocycles. The Labute approximate surface area is 133 Å². The van der Waals surface area contributed by atoms with Gasteiger partial charge in [0, 0.05) is 19.6 Å². The number of oxime groups is 1. The number of fused-ring (bicyclic) bond motifs is 1. The van der Waals surface area contributed by atoms with Crippen LogP contribution in [-0.4, -0.2) is 59.6 Å². The normalized spacial score (nSPS) is 26.2. The van der Waals surface area contributed by atoms with E-state index in [1.165, 1.54) is 0 Å². The van der Waals surface area contributed by atoms with Crippen LogP contribution in [0.4, 0.5) is 0 Å². The third-order valence-electron chi connectivity index (χ3n) is 4.75. The highest BCUT2D eigenvalue weighted by atomic mass is 16.6. The van der Waals surface area contributed by atoms with Gasteiger partial charge in [-0.3, -0.25) is 9.59 Å². The highest BCUT2D eigenvalue weighted by Gasteiger charge is 2.47. The fraction of sp³-hybridized carbons (Fsp3) is 0.562. The van der Waals surface area contributed by atoms with Gasteiger partial charge in [-0.1, -0.05) is 5.16 Å². The van der Waals surface area contributed by atoms with Crippen LogP contribution >= 0.6 is 0 Å². The third kappa shape index (κ3) is 2.40. The molecule has 0 aliphatic carbocycles. The van der Waals surface area contributed by atoms with Gasteiger partial charge in [0.1, 0.15) is 5.76 Å². The smallest absolute Gasteiger partial charge is 0.289 e. The van der Waals surface area contributed by atoms with Gasteiger partial charge < -0.3 is 19.1 Å². The first kappa shape index (κ1) is 14.3. The van der Waals surface area contributed by atoms with Crippen molar-refractivity contribution < 1.29 is 18.8 Å². The number of carbonyl (C=O) groups excluding carboxylic acids is 2. The lowest BCUT2D eigenvalue weighted by molar-refractivity contribution is -0.123. The Morgan fingerprint density at radius 2 is 1.91 bits per heavy atom. The molecule has 23 heavy (non-hydrogen) atoms. The van der Waals surface area contributed by atoms with Crippen molar-refractivity contribution in [1.82, 2.24) is 9.80 Å². The van der Waals surface area contributed by atoms with E-state index in [2.05, 4.69) is 5.16 Å². The van der Waals surface area contributed by atoms with Crippen molar-refractivity contribution in [3.8, 4) is 0 Å². The highest BCUT2D eigenvalue weighted by molar-refractivity contribution is 6.40. The Hall–Kier alpha value is -2.31. The van der Waals surface area contributed by atoms with E-state index in [4.69, 9.17) is 9.25 Å². The third-order valence-corrected chi connectivity index (χ3v) is 4.75. The molecule has 7 nitrogen and oxygen atoms in total. The van der Waals surface area contributed by atoms with Crippen LogP contribution in [0.1, 0.15) is 29.2 Å². The van der Waals surface area contributed by atoms with E-state index in [1.54, 1.807) is 24.0 Å². The first-order valence-electron chi connectivity index (χ1n) is 8.02. The van der Waals surface area contributed by atoms with Crippen molar-refractivity contribution in [2.24, 2.45) is 11.1 Å². The largest absolute Gasteiger partial charge is 0.456 e. The second-order valence-electron chi connectivity index (χ2n) is 6.35. The zero-order chi connectivity index (χ0) is 16.0. The number of amides is 2. The average Bonchev–Trinajstić information content (AvgIpc) is 3.29. The zero-order valence-corrected chi connectivity index (χ0v) is 13.0. The average molecular weight is 317 g/mol. The van der Waals surface area contributed by atoms with E-state index in [0.717, 1.165) is 25.9 Å². The van der Waals surface area contributed by atoms with Gasteiger partial charge >= 0.3 is 0 Å². The minimum Gasteiger partial charge on any atom is -0.456 e. The van der Waals surface area contributed by atoms with Gasteiger partial charge in [-0.25, -0.2) is 0 Å². The van der Waals surface area contributed by atoms with E-state index < -0.39 is 0 Å². The second-order valence-corrected chi connectivity index (χ2v) is 6.35. The summed E-state index contributed by atoms with van der Waals surface area (Å²) in [5, 5.41) is 4.00. The topological polar surface area (TPSA) is 75.4 Å². The Bertz CT molecular complexity index is 675. The monoisotopic (exact) mass is 317 g/mol. The van der Waals surface area contributed by atoms with Gasteiger partial charge in [0.2, 0.25) is 0 Å². The van der Waals surface area contributed by atoms with Crippen molar-refractivity contribution in [1.29, 1.82) is 0 Å². The van der Waals surface area contributed by atoms with Crippen LogP contribution in [-0.2, 0) is 9.63 Å². The number of furan rings is 1. The molecule has 0 aromatic carbocycles. The van der Waals surface area contributed by atoms with Crippen LogP contribution in [0, 0.1) is 12.8 Å². The number of aryl methyl sites for hydroxylation is 1. The SMILES string of the molecule is Cc1ccc(C(=O)N2C[C@@H]3C(C(=O)N4CCCC4)=NO[C@@H]3C2)o1. The molecule has 0 spiro atoms. The fourth-order valence-corrected chi connectivity index (χ4v) is 3.49. The van der Waals surface area contributed by atoms with Crippen LogP contribution < -0.4 is 0 Å². The summed E-state index contributed by atoms with van der Waals surface area (Å²) in [4.78, 5) is 33.9. The molecule has 2 fully saturated rings. The van der Waals surface area contributed by atoms with E-state index >= 15 is 0 Å². The Morgan fingerprint density at radius 3 is 2.61 bits per heavy atom. The summed E-state index contributed by atoms with van der Waals surface area (Å²) in [7, 11) is 0. The number of likely N-dealkylation sites (tertiary alicyclic amines) is 2. The first-order chi connectivity index (χ1) is 11.1. The van der Waals surface area contributed by atoms with Gasteiger partial charge in [0.05, 0.1) is 12.5 Å². The number of nitrogens with zero attached hydrogens (tertiary/aromatic N) is 3. The molecule has 2 amide bonds. The maximum atomic E-state index is 12.5. The van der Waals surface area contributed by atoms with Gasteiger partial charge in [-0.2, -0.15) is 0 Å². The molecule has 1 aromatic rings. The van der Waals surface area contributed by atoms with Gasteiger partial charge in [-0.15, -0.1) is 0 Å². The maximum absolute atomic E-state index is 12.5. The Kier molecular flexibility index (Phi) is 3.36. The van der Waals surface area contributed by atoms with Gasteiger partial charge in [0.15, 0.2) is 17.6 Å². The maximum Gasteiger partial charge on any atom is 0.289 e. The highest BCUT2D eigenvalue weighted by Crippen LogP contribution is 2.29. The van der Waals surface area contributed by atoms with Crippen LogP contribution in [0.5, 0.6) is 0 Å². The molecule has 0 saturated carbocycles. The van der Waals surface area contributed by atoms with Crippen LogP contribution in [0.3, 0.4) is 0 Å². The van der Waals surface area contributed by atoms with Crippen molar-refractivity contribution >= 4 is 17.5 Å². The quantitative estimate of drug-likeness (QED) is 0.816. The van der Waals surface area contributed by atoms with Crippen molar-refractivity contribution in [3.05, 3.63) is 23.7 Å². The molecular weight excluding hydrogens is 298 g/mol. The summed E-state index contributed by atoms with van der Waals surface area (Å²) in [6.45, 7) is 4.25. The molecule has 7 heteroatoms. The summed E-state index contributed by atoms with van der Waals surface area (Å²) in [5.74, 6) is 0.688. The predicted molar refractivity (Wildman–Crippen MR) is 81.0 cm³/mol. The Morgan fingerprint density at radius 1 is 1.13 bits per heavy atom. The molecular formula is C16H19N3O4. The minimum atomic E-state index is -0.225. The van der Waals surface area contributed by atoms with E-state index in [0.29, 0.717) is 30.3 Å². The fourth-order valence-electron chi connectivity index (χ4n) is 3.49. The minimum absolute atomic E-state index is 0.0434. The van der Waals surface area contributed by atoms with Crippen molar-refractivity contribution in [2.45, 2.75) is 25.9 Å². The summed E-state index contributed by atoms with van der Waals surface area (Å²) in [6, 6.07) is 3.45. The molecule has 1 aromatic heterocycles. The summed E-state index contributed by atoms with van der Waals surface area (Å²) in [6.07, 6.45) is 1.85. The molecule has 4 rings (SSSR count). The molecule has 2 atom stereocenters.